The molecule has 0 heterocycles. The first-order valence-corrected chi connectivity index (χ1v) is 7.71. The molecule has 0 atom stereocenters. The molecule has 4 nitrogen and oxygen atoms in total. The van der Waals surface area contributed by atoms with Gasteiger partial charge in [0.15, 0.2) is 0 Å². The van der Waals surface area contributed by atoms with E-state index in [1.807, 2.05) is 0 Å². The zero-order valence-electron chi connectivity index (χ0n) is 13.8. The summed E-state index contributed by atoms with van der Waals surface area (Å²) in [5.41, 5.74) is 0. The SMILES string of the molecule is O=S(=O)([O-])[O-].[CH2-]CCCCCCCCCCC.[Na+].[Na+].[Na]. The van der Waals surface area contributed by atoms with Crippen LogP contribution in [0.2, 0.25) is 0 Å². The van der Waals surface area contributed by atoms with E-state index in [4.69, 9.17) is 17.5 Å². The molecule has 0 fully saturated rings. The van der Waals surface area contributed by atoms with Crippen LogP contribution in [0.1, 0.15) is 71.1 Å². The van der Waals surface area contributed by atoms with Gasteiger partial charge in [-0.2, -0.15) is 6.42 Å². The third-order valence-electron chi connectivity index (χ3n) is 2.35. The Labute approximate surface area is 192 Å². The molecule has 0 amide bonds. The number of unbranched alkanes of at least 4 members (excludes halogenated alkanes) is 9. The van der Waals surface area contributed by atoms with Crippen molar-refractivity contribution in [3.63, 3.8) is 0 Å². The molecule has 0 rings (SSSR count). The summed E-state index contributed by atoms with van der Waals surface area (Å²) < 4.78 is 34.1. The van der Waals surface area contributed by atoms with E-state index in [0.29, 0.717) is 0 Å². The Hall–Kier alpha value is 2.87. The third-order valence-corrected chi connectivity index (χ3v) is 2.35. The van der Waals surface area contributed by atoms with Gasteiger partial charge in [-0.25, -0.2) is 0 Å². The van der Waals surface area contributed by atoms with Crippen LogP contribution in [0, 0.1) is 6.92 Å². The van der Waals surface area contributed by atoms with E-state index in [0.717, 1.165) is 6.42 Å². The van der Waals surface area contributed by atoms with Crippen molar-refractivity contribution in [1.29, 1.82) is 0 Å². The van der Waals surface area contributed by atoms with Crippen LogP contribution < -0.4 is 59.1 Å². The van der Waals surface area contributed by atoms with E-state index in [1.54, 1.807) is 0 Å². The summed E-state index contributed by atoms with van der Waals surface area (Å²) in [6.07, 6.45) is 13.9. The van der Waals surface area contributed by atoms with Crippen molar-refractivity contribution in [2.75, 3.05) is 0 Å². The summed E-state index contributed by atoms with van der Waals surface area (Å²) in [5, 5.41) is 0. The van der Waals surface area contributed by atoms with E-state index in [9.17, 15) is 0 Å². The van der Waals surface area contributed by atoms with Gasteiger partial charge in [0.25, 0.3) is 0 Å². The Morgan fingerprint density at radius 3 is 1.30 bits per heavy atom. The summed E-state index contributed by atoms with van der Waals surface area (Å²) in [7, 11) is -5.17. The van der Waals surface area contributed by atoms with Crippen LogP contribution in [0.4, 0.5) is 0 Å². The maximum atomic E-state index is 8.52. The Kier molecular flexibility index (Phi) is 45.8. The van der Waals surface area contributed by atoms with Gasteiger partial charge in [-0.15, -0.1) is 0 Å². The number of hydrogen-bond donors (Lipinski definition) is 0. The van der Waals surface area contributed by atoms with Crippen LogP contribution in [0.25, 0.3) is 0 Å². The molecule has 0 aliphatic heterocycles. The first-order valence-electron chi connectivity index (χ1n) is 6.37. The maximum absolute atomic E-state index is 8.52. The minimum Gasteiger partial charge on any atom is -0.759 e. The van der Waals surface area contributed by atoms with Crippen molar-refractivity contribution in [3.8, 4) is 0 Å². The summed E-state index contributed by atoms with van der Waals surface area (Å²) in [5.74, 6) is 0. The summed E-state index contributed by atoms with van der Waals surface area (Å²) in [4.78, 5) is 0. The fraction of sp³-hybridized carbons (Fsp3) is 0.917. The second-order valence-electron chi connectivity index (χ2n) is 4.09. The molecular weight excluding hydrogens is 309 g/mol. The van der Waals surface area contributed by atoms with E-state index in [1.165, 1.54) is 57.8 Å². The molecule has 0 spiro atoms. The molecule has 0 saturated carbocycles. The molecule has 1 radical (unpaired) electrons. The topological polar surface area (TPSA) is 80.3 Å². The Bertz CT molecular complexity index is 219. The molecule has 0 saturated heterocycles. The van der Waals surface area contributed by atoms with E-state index < -0.39 is 10.4 Å². The van der Waals surface area contributed by atoms with Crippen molar-refractivity contribution in [2.45, 2.75) is 71.1 Å². The van der Waals surface area contributed by atoms with Crippen molar-refractivity contribution < 1.29 is 76.6 Å². The minimum atomic E-state index is -5.17. The average Bonchev–Trinajstić information content (AvgIpc) is 2.20. The van der Waals surface area contributed by atoms with Gasteiger partial charge in [0.05, 0.1) is 0 Å². The molecule has 8 heteroatoms. The van der Waals surface area contributed by atoms with Gasteiger partial charge in [0.1, 0.15) is 0 Å². The summed E-state index contributed by atoms with van der Waals surface area (Å²) in [6.45, 7) is 6.12. The largest absolute Gasteiger partial charge is 1.00 e. The quantitative estimate of drug-likeness (QED) is 0.148. The van der Waals surface area contributed by atoms with Crippen molar-refractivity contribution in [3.05, 3.63) is 6.92 Å². The maximum Gasteiger partial charge on any atom is 1.00 e. The first kappa shape index (κ1) is 34.3. The van der Waals surface area contributed by atoms with Gasteiger partial charge in [0, 0.05) is 40.0 Å². The molecule has 0 aliphatic rings. The molecule has 0 bridgehead atoms. The van der Waals surface area contributed by atoms with Crippen LogP contribution in [0.3, 0.4) is 0 Å². The van der Waals surface area contributed by atoms with Gasteiger partial charge >= 0.3 is 59.1 Å². The zero-order valence-corrected chi connectivity index (χ0v) is 20.6. The second-order valence-corrected chi connectivity index (χ2v) is 4.91. The standard InChI is InChI=1S/C12H25.3Na.H2O4S/c1-3-5-7-9-11-12-10-8-6-4-2;;;;1-5(2,3)4/h1,3-12H2,2H3;;;;(H2,1,2,3,4)/q-1;;2*+1;/p-2. The molecule has 0 unspecified atom stereocenters. The van der Waals surface area contributed by atoms with Crippen molar-refractivity contribution in [2.24, 2.45) is 0 Å². The van der Waals surface area contributed by atoms with Gasteiger partial charge in [-0.3, -0.25) is 8.42 Å². The molecule has 0 aromatic carbocycles. The Morgan fingerprint density at radius 2 is 1.05 bits per heavy atom. The second kappa shape index (κ2) is 26.8. The smallest absolute Gasteiger partial charge is 0.759 e. The van der Waals surface area contributed by atoms with Gasteiger partial charge in [-0.05, 0) is 0 Å². The number of rotatable bonds is 9. The molecular formula is C12H25Na3O4S-. The van der Waals surface area contributed by atoms with Crippen LogP contribution in [-0.2, 0) is 10.4 Å². The molecule has 0 N–H and O–H groups in total. The molecule has 0 aromatic rings. The van der Waals surface area contributed by atoms with Crippen molar-refractivity contribution >= 4 is 40.0 Å². The van der Waals surface area contributed by atoms with Crippen LogP contribution in [0.5, 0.6) is 0 Å². The molecule has 20 heavy (non-hydrogen) atoms. The third kappa shape index (κ3) is 58.5. The van der Waals surface area contributed by atoms with Gasteiger partial charge < -0.3 is 16.0 Å². The fourth-order valence-corrected chi connectivity index (χ4v) is 1.49. The average molecular weight is 334 g/mol. The predicted molar refractivity (Wildman–Crippen MR) is 73.4 cm³/mol. The Balaban J connectivity index is -0.0000000821. The van der Waals surface area contributed by atoms with E-state index >= 15 is 0 Å². The normalized spacial score (nSPS) is 9.20. The molecule has 107 valence electrons. The van der Waals surface area contributed by atoms with Crippen LogP contribution >= 0.6 is 0 Å². The monoisotopic (exact) mass is 334 g/mol. The fourth-order valence-electron chi connectivity index (χ4n) is 1.49. The predicted octanol–water partition coefficient (Wildman–Crippen LogP) is -2.97. The van der Waals surface area contributed by atoms with Gasteiger partial charge in [0.2, 0.25) is 0 Å². The molecule has 0 aromatic heterocycles. The minimum absolute atomic E-state index is 0. The van der Waals surface area contributed by atoms with E-state index in [-0.39, 0.29) is 88.7 Å². The Morgan fingerprint density at radius 1 is 0.800 bits per heavy atom. The number of hydrogen-bond acceptors (Lipinski definition) is 4. The zero-order chi connectivity index (χ0) is 13.6. The van der Waals surface area contributed by atoms with Crippen LogP contribution in [-0.4, -0.2) is 47.1 Å². The molecule has 0 aliphatic carbocycles. The summed E-state index contributed by atoms with van der Waals surface area (Å²) in [6, 6.07) is 0. The van der Waals surface area contributed by atoms with E-state index in [2.05, 4.69) is 13.8 Å². The van der Waals surface area contributed by atoms with Crippen molar-refractivity contribution in [1.82, 2.24) is 0 Å². The van der Waals surface area contributed by atoms with Gasteiger partial charge in [-0.1, -0.05) is 64.7 Å². The first-order chi connectivity index (χ1) is 7.91. The summed E-state index contributed by atoms with van der Waals surface area (Å²) >= 11 is 0. The van der Waals surface area contributed by atoms with Crippen LogP contribution in [0.15, 0.2) is 0 Å².